The summed E-state index contributed by atoms with van der Waals surface area (Å²) in [6, 6.07) is 2.24. The van der Waals surface area contributed by atoms with Crippen LogP contribution in [-0.2, 0) is 7.05 Å². The molecule has 1 rings (SSSR count). The summed E-state index contributed by atoms with van der Waals surface area (Å²) in [5.41, 5.74) is 7.14. The fraction of sp³-hybridized carbons (Fsp3) is 0.600. The fourth-order valence-corrected chi connectivity index (χ4v) is 1.37. The van der Waals surface area contributed by atoms with Gasteiger partial charge in [-0.15, -0.1) is 0 Å². The lowest BCUT2D eigenvalue weighted by atomic mass is 10.2. The monoisotopic (exact) mass is 207 g/mol. The van der Waals surface area contributed by atoms with Gasteiger partial charge in [-0.1, -0.05) is 6.92 Å². The molecule has 1 heterocycles. The molecule has 82 valence electrons. The number of aromatic nitrogens is 2. The van der Waals surface area contributed by atoms with Gasteiger partial charge in [-0.2, -0.15) is 10.4 Å². The molecule has 0 bridgehead atoms. The van der Waals surface area contributed by atoms with E-state index in [-0.39, 0.29) is 6.04 Å². The molecule has 0 amide bonds. The van der Waals surface area contributed by atoms with Gasteiger partial charge < -0.3 is 11.1 Å². The number of rotatable bonds is 4. The van der Waals surface area contributed by atoms with Crippen LogP contribution >= 0.6 is 0 Å². The molecule has 0 radical (unpaired) electrons. The van der Waals surface area contributed by atoms with E-state index in [0.717, 1.165) is 17.9 Å². The van der Waals surface area contributed by atoms with E-state index >= 15 is 0 Å². The third kappa shape index (κ3) is 2.48. The molecule has 3 N–H and O–H groups in total. The quantitative estimate of drug-likeness (QED) is 0.763. The highest BCUT2D eigenvalue weighted by Crippen LogP contribution is 2.16. The summed E-state index contributed by atoms with van der Waals surface area (Å²) in [7, 11) is 1.81. The number of anilines is 1. The molecule has 1 unspecified atom stereocenters. The van der Waals surface area contributed by atoms with Crippen LogP contribution < -0.4 is 11.1 Å². The molecule has 1 atom stereocenters. The molecule has 0 fully saturated rings. The van der Waals surface area contributed by atoms with Crippen molar-refractivity contribution in [1.29, 1.82) is 5.26 Å². The number of hydrogen-bond acceptors (Lipinski definition) is 4. The van der Waals surface area contributed by atoms with Gasteiger partial charge in [-0.25, -0.2) is 0 Å². The van der Waals surface area contributed by atoms with E-state index in [1.54, 1.807) is 4.68 Å². The summed E-state index contributed by atoms with van der Waals surface area (Å²) in [4.78, 5) is 0. The smallest absolute Gasteiger partial charge is 0.142 e. The van der Waals surface area contributed by atoms with Crippen LogP contribution in [0.5, 0.6) is 0 Å². The lowest BCUT2D eigenvalue weighted by Gasteiger charge is -2.11. The summed E-state index contributed by atoms with van der Waals surface area (Å²) in [6.45, 7) is 4.51. The Balaban J connectivity index is 2.81. The highest BCUT2D eigenvalue weighted by molar-refractivity contribution is 5.55. The zero-order valence-corrected chi connectivity index (χ0v) is 9.41. The Hall–Kier alpha value is -1.54. The zero-order chi connectivity index (χ0) is 11.4. The van der Waals surface area contributed by atoms with Crippen LogP contribution in [0.3, 0.4) is 0 Å². The van der Waals surface area contributed by atoms with Crippen molar-refractivity contribution in [3.05, 3.63) is 11.3 Å². The number of nitriles is 1. The van der Waals surface area contributed by atoms with Crippen molar-refractivity contribution in [3.8, 4) is 6.07 Å². The van der Waals surface area contributed by atoms with Crippen molar-refractivity contribution in [2.24, 2.45) is 12.8 Å². The minimum Gasteiger partial charge on any atom is -0.368 e. The van der Waals surface area contributed by atoms with Crippen LogP contribution in [-0.4, -0.2) is 22.4 Å². The van der Waals surface area contributed by atoms with Crippen LogP contribution in [0.4, 0.5) is 5.82 Å². The maximum atomic E-state index is 8.96. The van der Waals surface area contributed by atoms with Crippen molar-refractivity contribution in [3.63, 3.8) is 0 Å². The summed E-state index contributed by atoms with van der Waals surface area (Å²) in [5.74, 6) is 0.749. The molecule has 0 aromatic carbocycles. The van der Waals surface area contributed by atoms with Gasteiger partial charge in [0.05, 0.1) is 5.69 Å². The van der Waals surface area contributed by atoms with Crippen LogP contribution in [0.2, 0.25) is 0 Å². The normalized spacial score (nSPS) is 12.2. The summed E-state index contributed by atoms with van der Waals surface area (Å²) >= 11 is 0. The first-order valence-corrected chi connectivity index (χ1v) is 5.03. The highest BCUT2D eigenvalue weighted by atomic mass is 15.3. The molecule has 0 aliphatic carbocycles. The van der Waals surface area contributed by atoms with Gasteiger partial charge in [-0.3, -0.25) is 4.68 Å². The molecule has 0 saturated carbocycles. The van der Waals surface area contributed by atoms with E-state index in [1.165, 1.54) is 0 Å². The van der Waals surface area contributed by atoms with Gasteiger partial charge in [0.1, 0.15) is 17.5 Å². The Morgan fingerprint density at radius 3 is 2.87 bits per heavy atom. The SMILES string of the molecule is CCC(N)CNc1c(C#N)c(C)nn1C. The van der Waals surface area contributed by atoms with E-state index in [1.807, 2.05) is 20.9 Å². The van der Waals surface area contributed by atoms with Crippen LogP contribution in [0, 0.1) is 18.3 Å². The predicted octanol–water partition coefficient (Wildman–Crippen LogP) is 0.749. The summed E-state index contributed by atoms with van der Waals surface area (Å²) in [6.07, 6.45) is 0.908. The molecule has 0 aliphatic rings. The molecule has 5 heteroatoms. The molecule has 15 heavy (non-hydrogen) atoms. The van der Waals surface area contributed by atoms with E-state index in [9.17, 15) is 0 Å². The zero-order valence-electron chi connectivity index (χ0n) is 9.41. The molecular weight excluding hydrogens is 190 g/mol. The maximum absolute atomic E-state index is 8.96. The second-order valence-electron chi connectivity index (χ2n) is 3.59. The molecule has 5 nitrogen and oxygen atoms in total. The first-order chi connectivity index (χ1) is 7.10. The van der Waals surface area contributed by atoms with Crippen molar-refractivity contribution in [2.75, 3.05) is 11.9 Å². The Bertz CT molecular complexity index is 374. The van der Waals surface area contributed by atoms with Crippen molar-refractivity contribution in [2.45, 2.75) is 26.3 Å². The molecule has 0 spiro atoms. The van der Waals surface area contributed by atoms with Crippen molar-refractivity contribution in [1.82, 2.24) is 9.78 Å². The molecule has 1 aromatic rings. The highest BCUT2D eigenvalue weighted by Gasteiger charge is 2.12. The Kier molecular flexibility index (Phi) is 3.69. The van der Waals surface area contributed by atoms with E-state index < -0.39 is 0 Å². The van der Waals surface area contributed by atoms with Crippen molar-refractivity contribution < 1.29 is 0 Å². The van der Waals surface area contributed by atoms with Gasteiger partial charge in [0.25, 0.3) is 0 Å². The predicted molar refractivity (Wildman–Crippen MR) is 59.4 cm³/mol. The molecular formula is C10H17N5. The van der Waals surface area contributed by atoms with Crippen LogP contribution in [0.1, 0.15) is 24.6 Å². The Morgan fingerprint density at radius 1 is 1.67 bits per heavy atom. The van der Waals surface area contributed by atoms with Gasteiger partial charge in [0.2, 0.25) is 0 Å². The fourth-order valence-electron chi connectivity index (χ4n) is 1.37. The largest absolute Gasteiger partial charge is 0.368 e. The average molecular weight is 207 g/mol. The maximum Gasteiger partial charge on any atom is 0.142 e. The minimum absolute atomic E-state index is 0.103. The minimum atomic E-state index is 0.103. The van der Waals surface area contributed by atoms with Crippen LogP contribution in [0.15, 0.2) is 0 Å². The Labute approximate surface area is 89.9 Å². The number of aryl methyl sites for hydroxylation is 2. The van der Waals surface area contributed by atoms with E-state index in [4.69, 9.17) is 11.0 Å². The van der Waals surface area contributed by atoms with Crippen molar-refractivity contribution >= 4 is 5.82 Å². The lowest BCUT2D eigenvalue weighted by Crippen LogP contribution is -2.28. The lowest BCUT2D eigenvalue weighted by molar-refractivity contribution is 0.669. The summed E-state index contributed by atoms with van der Waals surface area (Å²) in [5, 5.41) is 16.3. The topological polar surface area (TPSA) is 79.7 Å². The number of nitrogens with one attached hydrogen (secondary N) is 1. The second-order valence-corrected chi connectivity index (χ2v) is 3.59. The third-order valence-corrected chi connectivity index (χ3v) is 2.39. The standard InChI is InChI=1S/C10H17N5/c1-4-8(12)6-13-10-9(5-11)7(2)14-15(10)3/h8,13H,4,6,12H2,1-3H3. The van der Waals surface area contributed by atoms with Gasteiger partial charge in [0.15, 0.2) is 0 Å². The van der Waals surface area contributed by atoms with E-state index in [0.29, 0.717) is 12.1 Å². The summed E-state index contributed by atoms with van der Waals surface area (Å²) < 4.78 is 1.68. The molecule has 0 saturated heterocycles. The average Bonchev–Trinajstić information content (AvgIpc) is 2.49. The number of nitrogens with zero attached hydrogens (tertiary/aromatic N) is 3. The van der Waals surface area contributed by atoms with Gasteiger partial charge in [0, 0.05) is 19.6 Å². The molecule has 0 aliphatic heterocycles. The third-order valence-electron chi connectivity index (χ3n) is 2.39. The van der Waals surface area contributed by atoms with Gasteiger partial charge >= 0.3 is 0 Å². The molecule has 1 aromatic heterocycles. The first kappa shape index (κ1) is 11.5. The van der Waals surface area contributed by atoms with Gasteiger partial charge in [-0.05, 0) is 13.3 Å². The number of nitrogens with two attached hydrogens (primary N) is 1. The van der Waals surface area contributed by atoms with E-state index in [2.05, 4.69) is 16.5 Å². The Morgan fingerprint density at radius 2 is 2.33 bits per heavy atom. The first-order valence-electron chi connectivity index (χ1n) is 5.03. The van der Waals surface area contributed by atoms with Crippen LogP contribution in [0.25, 0.3) is 0 Å². The second kappa shape index (κ2) is 4.80. The number of hydrogen-bond donors (Lipinski definition) is 2.